The third-order valence-electron chi connectivity index (χ3n) is 5.14. The van der Waals surface area contributed by atoms with Crippen LogP contribution in [0.15, 0.2) is 29.2 Å². The summed E-state index contributed by atoms with van der Waals surface area (Å²) < 4.78 is 52.3. The fraction of sp³-hybridized carbons (Fsp3) is 0.500. The Labute approximate surface area is 161 Å². The van der Waals surface area contributed by atoms with Gasteiger partial charge in [0.1, 0.15) is 0 Å². The van der Waals surface area contributed by atoms with Crippen LogP contribution in [0.1, 0.15) is 35.0 Å². The average Bonchev–Trinajstić information content (AvgIpc) is 3.08. The highest BCUT2D eigenvalue weighted by Crippen LogP contribution is 2.28. The van der Waals surface area contributed by atoms with E-state index in [1.54, 1.807) is 36.0 Å². The minimum Gasteiger partial charge on any atom is -0.265 e. The SMILES string of the molecule is Cc1ccc(S(=O)(=O)N(C)Cc2c(C)nn([C@@H]3CCS(=O)(=O)C3)c2C)cc1. The molecule has 148 valence electrons. The maximum Gasteiger partial charge on any atom is 0.243 e. The Morgan fingerprint density at radius 1 is 1.19 bits per heavy atom. The van der Waals surface area contributed by atoms with Gasteiger partial charge in [0, 0.05) is 24.8 Å². The molecule has 1 aromatic carbocycles. The van der Waals surface area contributed by atoms with Crippen molar-refractivity contribution in [3.8, 4) is 0 Å². The molecule has 3 rings (SSSR count). The summed E-state index contributed by atoms with van der Waals surface area (Å²) in [6.45, 7) is 5.79. The van der Waals surface area contributed by atoms with E-state index in [1.165, 1.54) is 4.31 Å². The van der Waals surface area contributed by atoms with Gasteiger partial charge in [0.05, 0.1) is 28.1 Å². The number of nitrogens with zero attached hydrogens (tertiary/aromatic N) is 3. The molecular weight excluding hydrogens is 386 g/mol. The number of hydrogen-bond donors (Lipinski definition) is 0. The smallest absolute Gasteiger partial charge is 0.243 e. The molecule has 0 spiro atoms. The largest absolute Gasteiger partial charge is 0.265 e. The van der Waals surface area contributed by atoms with Crippen LogP contribution in [0, 0.1) is 20.8 Å². The van der Waals surface area contributed by atoms with Crippen LogP contribution in [0.4, 0.5) is 0 Å². The average molecular weight is 412 g/mol. The first-order valence-corrected chi connectivity index (χ1v) is 12.1. The van der Waals surface area contributed by atoms with E-state index in [2.05, 4.69) is 5.10 Å². The minimum absolute atomic E-state index is 0.0892. The molecule has 0 saturated carbocycles. The lowest BCUT2D eigenvalue weighted by atomic mass is 10.2. The Hall–Kier alpha value is -1.71. The molecule has 0 N–H and O–H groups in total. The number of aryl methyl sites for hydroxylation is 2. The third-order valence-corrected chi connectivity index (χ3v) is 8.71. The molecule has 0 unspecified atom stereocenters. The van der Waals surface area contributed by atoms with Crippen molar-refractivity contribution in [2.75, 3.05) is 18.6 Å². The van der Waals surface area contributed by atoms with Crippen LogP contribution in [0.2, 0.25) is 0 Å². The Bertz CT molecular complexity index is 1050. The van der Waals surface area contributed by atoms with Gasteiger partial charge in [-0.2, -0.15) is 9.40 Å². The molecule has 2 heterocycles. The van der Waals surface area contributed by atoms with Crippen LogP contribution >= 0.6 is 0 Å². The van der Waals surface area contributed by atoms with Crippen molar-refractivity contribution in [2.45, 2.75) is 44.7 Å². The second-order valence-corrected chi connectivity index (χ2v) is 11.5. The molecule has 0 radical (unpaired) electrons. The van der Waals surface area contributed by atoms with Gasteiger partial charge in [-0.25, -0.2) is 16.8 Å². The predicted octanol–water partition coefficient (Wildman–Crippen LogP) is 1.99. The van der Waals surface area contributed by atoms with Crippen molar-refractivity contribution in [3.05, 3.63) is 46.8 Å². The monoisotopic (exact) mass is 411 g/mol. The summed E-state index contributed by atoms with van der Waals surface area (Å²) in [6.07, 6.45) is 0.543. The summed E-state index contributed by atoms with van der Waals surface area (Å²) >= 11 is 0. The summed E-state index contributed by atoms with van der Waals surface area (Å²) in [7, 11) is -5.09. The molecular formula is C18H25N3O4S2. The van der Waals surface area contributed by atoms with Gasteiger partial charge in [0.25, 0.3) is 0 Å². The van der Waals surface area contributed by atoms with Gasteiger partial charge in [-0.1, -0.05) is 17.7 Å². The fourth-order valence-corrected chi connectivity index (χ4v) is 6.28. The van der Waals surface area contributed by atoms with Crippen LogP contribution < -0.4 is 0 Å². The molecule has 1 aliphatic rings. The molecule has 0 amide bonds. The van der Waals surface area contributed by atoms with Crippen LogP contribution in [0.3, 0.4) is 0 Å². The quantitative estimate of drug-likeness (QED) is 0.751. The van der Waals surface area contributed by atoms with Crippen molar-refractivity contribution in [1.29, 1.82) is 0 Å². The molecule has 27 heavy (non-hydrogen) atoms. The van der Waals surface area contributed by atoms with E-state index < -0.39 is 19.9 Å². The highest BCUT2D eigenvalue weighted by atomic mass is 32.2. The summed E-state index contributed by atoms with van der Waals surface area (Å²) in [6, 6.07) is 6.58. The van der Waals surface area contributed by atoms with Crippen LogP contribution in [-0.4, -0.2) is 49.5 Å². The highest BCUT2D eigenvalue weighted by Gasteiger charge is 2.32. The highest BCUT2D eigenvalue weighted by molar-refractivity contribution is 7.91. The molecule has 1 aliphatic heterocycles. The fourth-order valence-electron chi connectivity index (χ4n) is 3.45. The number of sulfone groups is 1. The van der Waals surface area contributed by atoms with Gasteiger partial charge >= 0.3 is 0 Å². The molecule has 7 nitrogen and oxygen atoms in total. The zero-order valence-corrected chi connectivity index (χ0v) is 17.6. The third kappa shape index (κ3) is 3.95. The van der Waals surface area contributed by atoms with Crippen molar-refractivity contribution in [1.82, 2.24) is 14.1 Å². The summed E-state index contributed by atoms with van der Waals surface area (Å²) in [5.41, 5.74) is 3.36. The lowest BCUT2D eigenvalue weighted by Gasteiger charge is -2.18. The first-order chi connectivity index (χ1) is 12.5. The second kappa shape index (κ2) is 7.03. The lowest BCUT2D eigenvalue weighted by molar-refractivity contribution is 0.461. The van der Waals surface area contributed by atoms with Gasteiger partial charge < -0.3 is 0 Å². The van der Waals surface area contributed by atoms with Gasteiger partial charge in [0.15, 0.2) is 9.84 Å². The van der Waals surface area contributed by atoms with Gasteiger partial charge in [0.2, 0.25) is 10.0 Å². The van der Waals surface area contributed by atoms with Crippen molar-refractivity contribution >= 4 is 19.9 Å². The Kier molecular flexibility index (Phi) is 5.22. The molecule has 2 aromatic rings. The zero-order chi connectivity index (χ0) is 20.0. The molecule has 9 heteroatoms. The van der Waals surface area contributed by atoms with Gasteiger partial charge in [-0.3, -0.25) is 4.68 Å². The van der Waals surface area contributed by atoms with E-state index in [4.69, 9.17) is 0 Å². The minimum atomic E-state index is -3.62. The van der Waals surface area contributed by atoms with Gasteiger partial charge in [-0.05, 0) is 39.3 Å². The van der Waals surface area contributed by atoms with Crippen molar-refractivity contribution in [2.24, 2.45) is 0 Å². The number of aromatic nitrogens is 2. The maximum atomic E-state index is 12.8. The first kappa shape index (κ1) is 20.0. The lowest BCUT2D eigenvalue weighted by Crippen LogP contribution is -2.27. The van der Waals surface area contributed by atoms with Crippen molar-refractivity contribution in [3.63, 3.8) is 0 Å². The summed E-state index contributed by atoms with van der Waals surface area (Å²) in [5.74, 6) is 0.263. The van der Waals surface area contributed by atoms with E-state index in [0.717, 1.165) is 22.5 Å². The van der Waals surface area contributed by atoms with E-state index in [0.29, 0.717) is 6.42 Å². The number of hydrogen-bond acceptors (Lipinski definition) is 5. The van der Waals surface area contributed by atoms with E-state index in [1.807, 2.05) is 20.8 Å². The topological polar surface area (TPSA) is 89.3 Å². The summed E-state index contributed by atoms with van der Waals surface area (Å²) in [5, 5.41) is 4.51. The first-order valence-electron chi connectivity index (χ1n) is 8.79. The van der Waals surface area contributed by atoms with Crippen molar-refractivity contribution < 1.29 is 16.8 Å². The Morgan fingerprint density at radius 3 is 2.37 bits per heavy atom. The van der Waals surface area contributed by atoms with Crippen LogP contribution in [0.5, 0.6) is 0 Å². The molecule has 0 bridgehead atoms. The predicted molar refractivity (Wildman–Crippen MR) is 104 cm³/mol. The van der Waals surface area contributed by atoms with E-state index in [-0.39, 0.29) is 29.0 Å². The number of rotatable bonds is 5. The maximum absolute atomic E-state index is 12.8. The zero-order valence-electron chi connectivity index (χ0n) is 16.0. The van der Waals surface area contributed by atoms with E-state index >= 15 is 0 Å². The number of sulfonamides is 1. The molecule has 1 saturated heterocycles. The molecule has 0 aliphatic carbocycles. The van der Waals surface area contributed by atoms with Crippen LogP contribution in [-0.2, 0) is 26.4 Å². The molecule has 1 fully saturated rings. The van der Waals surface area contributed by atoms with Gasteiger partial charge in [-0.15, -0.1) is 0 Å². The Morgan fingerprint density at radius 2 is 1.81 bits per heavy atom. The van der Waals surface area contributed by atoms with E-state index in [9.17, 15) is 16.8 Å². The Balaban J connectivity index is 1.86. The molecule has 1 aromatic heterocycles. The molecule has 1 atom stereocenters. The van der Waals surface area contributed by atoms with Crippen LogP contribution in [0.25, 0.3) is 0 Å². The number of benzene rings is 1. The normalized spacial score (nSPS) is 19.7. The standard InChI is InChI=1S/C18H25N3O4S2/c1-13-5-7-17(8-6-13)27(24,25)20(4)11-18-14(2)19-21(15(18)3)16-9-10-26(22,23)12-16/h5-8,16H,9-12H2,1-4H3/t16-/m1/s1. The summed E-state index contributed by atoms with van der Waals surface area (Å²) in [4.78, 5) is 0.250. The second-order valence-electron chi connectivity index (χ2n) is 7.22.